The van der Waals surface area contributed by atoms with Crippen molar-refractivity contribution in [2.24, 2.45) is 0 Å². The Morgan fingerprint density at radius 2 is 1.97 bits per heavy atom. The number of benzene rings is 1. The van der Waals surface area contributed by atoms with E-state index in [9.17, 15) is 36.6 Å². The van der Waals surface area contributed by atoms with Crippen molar-refractivity contribution in [2.45, 2.75) is 69.0 Å². The third-order valence-electron chi connectivity index (χ3n) is 5.99. The van der Waals surface area contributed by atoms with Crippen LogP contribution in [0.3, 0.4) is 0 Å². The molecule has 1 aromatic carbocycles. The lowest BCUT2D eigenvalue weighted by Crippen LogP contribution is -2.47. The number of sulfonamides is 1. The van der Waals surface area contributed by atoms with Crippen LogP contribution in [0.15, 0.2) is 41.6 Å². The molecule has 3 N–H and O–H groups in total. The maximum Gasteiger partial charge on any atom is 0.427 e. The van der Waals surface area contributed by atoms with E-state index in [1.807, 2.05) is 0 Å². The molecule has 3 rings (SSSR count). The minimum Gasteiger partial charge on any atom is -0.510 e. The van der Waals surface area contributed by atoms with E-state index in [4.69, 9.17) is 16.3 Å². The number of nitrogens with zero attached hydrogens (tertiary/aromatic N) is 3. The molecule has 39 heavy (non-hydrogen) atoms. The van der Waals surface area contributed by atoms with Crippen molar-refractivity contribution in [1.29, 1.82) is 0 Å². The van der Waals surface area contributed by atoms with Gasteiger partial charge in [-0.05, 0) is 45.9 Å². The summed E-state index contributed by atoms with van der Waals surface area (Å²) in [5.74, 6) is -0.555. The highest BCUT2D eigenvalue weighted by molar-refractivity contribution is 7.93. The molecule has 216 valence electrons. The number of hydrogen-bond donors (Lipinski definition) is 3. The predicted octanol–water partition coefficient (Wildman–Crippen LogP) is 4.61. The maximum absolute atomic E-state index is 13.7. The standard InChI is InChI=1S/C23H28ClF3N4O7S/c1-6-30-12-18(19(24)29-30)39(35,36)31-11-15(10-22(5,34)13(2)32)37-17-8-7-14(9-16(17)31)28-20(33)38-21(3,4)23(25,26)27/h7-9,12,15,32,34H,2,6,10-11H2,1,3-5H3,(H,28,33)/t15-,22+/m0/s1. The summed E-state index contributed by atoms with van der Waals surface area (Å²) in [5, 5.41) is 26.0. The number of anilines is 2. The highest BCUT2D eigenvalue weighted by atomic mass is 35.5. The zero-order valence-corrected chi connectivity index (χ0v) is 23.0. The van der Waals surface area contributed by atoms with Crippen molar-refractivity contribution in [2.75, 3.05) is 16.2 Å². The molecular weight excluding hydrogens is 569 g/mol. The summed E-state index contributed by atoms with van der Waals surface area (Å²) in [6, 6.07) is 3.72. The first-order chi connectivity index (χ1) is 17.8. The SMILES string of the molecule is C=C(O)[C@](C)(O)C[C@H]1CN(S(=O)(=O)c2cn(CC)nc2Cl)c2cc(NC(=O)OC(C)(C)C(F)(F)F)ccc2O1. The summed E-state index contributed by atoms with van der Waals surface area (Å²) >= 11 is 6.12. The van der Waals surface area contributed by atoms with Crippen molar-refractivity contribution in [1.82, 2.24) is 9.78 Å². The molecule has 0 unspecified atom stereocenters. The molecule has 0 bridgehead atoms. The highest BCUT2D eigenvalue weighted by Crippen LogP contribution is 2.41. The molecule has 1 aliphatic rings. The van der Waals surface area contributed by atoms with Crippen LogP contribution in [-0.4, -0.2) is 64.5 Å². The first kappa shape index (κ1) is 30.4. The molecule has 0 saturated heterocycles. The van der Waals surface area contributed by atoms with E-state index < -0.39 is 45.4 Å². The van der Waals surface area contributed by atoms with E-state index >= 15 is 0 Å². The quantitative estimate of drug-likeness (QED) is 0.375. The lowest BCUT2D eigenvalue weighted by Gasteiger charge is -2.38. The minimum atomic E-state index is -4.84. The molecule has 2 heterocycles. The van der Waals surface area contributed by atoms with Crippen LogP contribution in [0.5, 0.6) is 5.75 Å². The molecule has 1 aromatic heterocycles. The first-order valence-corrected chi connectivity index (χ1v) is 13.3. The number of carbonyl (C=O) groups excluding carboxylic acids is 1. The van der Waals surface area contributed by atoms with Crippen molar-refractivity contribution in [3.8, 4) is 5.75 Å². The molecular formula is C23H28ClF3N4O7S. The zero-order chi connectivity index (χ0) is 29.6. The number of rotatable bonds is 8. The van der Waals surface area contributed by atoms with Gasteiger partial charge in [-0.3, -0.25) is 14.3 Å². The number of aliphatic hydroxyl groups excluding tert-OH is 1. The van der Waals surface area contributed by atoms with Crippen LogP contribution in [0.1, 0.15) is 34.1 Å². The smallest absolute Gasteiger partial charge is 0.427 e. The molecule has 0 aliphatic carbocycles. The van der Waals surface area contributed by atoms with Gasteiger partial charge in [0.25, 0.3) is 10.0 Å². The van der Waals surface area contributed by atoms with Crippen molar-refractivity contribution in [3.63, 3.8) is 0 Å². The summed E-state index contributed by atoms with van der Waals surface area (Å²) in [6.45, 7) is 7.63. The van der Waals surface area contributed by atoms with Gasteiger partial charge in [0.15, 0.2) is 5.15 Å². The monoisotopic (exact) mass is 596 g/mol. The van der Waals surface area contributed by atoms with E-state index in [1.54, 1.807) is 6.92 Å². The number of aryl methyl sites for hydroxylation is 1. The number of nitrogens with one attached hydrogen (secondary N) is 1. The zero-order valence-electron chi connectivity index (χ0n) is 21.4. The second-order valence-corrected chi connectivity index (χ2v) is 11.7. The van der Waals surface area contributed by atoms with Crippen molar-refractivity contribution in [3.05, 3.63) is 41.9 Å². The van der Waals surface area contributed by atoms with Gasteiger partial charge in [0.05, 0.1) is 12.2 Å². The van der Waals surface area contributed by atoms with Gasteiger partial charge in [-0.25, -0.2) is 13.2 Å². The van der Waals surface area contributed by atoms with Crippen molar-refractivity contribution < 1.29 is 46.1 Å². The Kier molecular flexibility index (Phi) is 8.12. The third-order valence-corrected chi connectivity index (χ3v) is 8.16. The predicted molar refractivity (Wildman–Crippen MR) is 136 cm³/mol. The van der Waals surface area contributed by atoms with Gasteiger partial charge in [0.1, 0.15) is 28.1 Å². The molecule has 2 atom stereocenters. The fourth-order valence-corrected chi connectivity index (χ4v) is 5.50. The van der Waals surface area contributed by atoms with Crippen LogP contribution in [0.25, 0.3) is 0 Å². The first-order valence-electron chi connectivity index (χ1n) is 11.5. The van der Waals surface area contributed by atoms with Crippen molar-refractivity contribution >= 4 is 39.1 Å². The second-order valence-electron chi connectivity index (χ2n) is 9.55. The molecule has 1 amide bonds. The summed E-state index contributed by atoms with van der Waals surface area (Å²) in [6.07, 6.45) is -6.27. The summed E-state index contributed by atoms with van der Waals surface area (Å²) in [7, 11) is -4.42. The average Bonchev–Trinajstić information content (AvgIpc) is 3.18. The number of alkyl halides is 3. The third kappa shape index (κ3) is 6.36. The number of aromatic nitrogens is 2. The number of aliphatic hydroxyl groups is 2. The molecule has 0 spiro atoms. The van der Waals surface area contributed by atoms with Gasteiger partial charge < -0.3 is 19.7 Å². The molecule has 2 aromatic rings. The lowest BCUT2D eigenvalue weighted by molar-refractivity contribution is -0.242. The lowest BCUT2D eigenvalue weighted by atomic mass is 9.96. The van der Waals surface area contributed by atoms with Crippen LogP contribution in [0.2, 0.25) is 5.15 Å². The Hall–Kier alpha value is -3.17. The molecule has 0 radical (unpaired) electrons. The van der Waals surface area contributed by atoms with Crippen LogP contribution in [0, 0.1) is 0 Å². The molecule has 0 saturated carbocycles. The molecule has 16 heteroatoms. The van der Waals surface area contributed by atoms with Crippen LogP contribution < -0.4 is 14.4 Å². The fraction of sp³-hybridized carbons (Fsp3) is 0.478. The molecule has 0 fully saturated rings. The van der Waals surface area contributed by atoms with Gasteiger partial charge >= 0.3 is 12.3 Å². The number of fused-ring (bicyclic) bond motifs is 1. The number of amides is 1. The summed E-state index contributed by atoms with van der Waals surface area (Å²) < 4.78 is 79.4. The maximum atomic E-state index is 13.7. The normalized spacial score (nSPS) is 17.6. The Labute approximate surface area is 227 Å². The number of ether oxygens (including phenoxy) is 2. The van der Waals surface area contributed by atoms with E-state index in [1.165, 1.54) is 36.0 Å². The topological polar surface area (TPSA) is 143 Å². The second kappa shape index (κ2) is 10.4. The minimum absolute atomic E-state index is 0.00252. The fourth-order valence-electron chi connectivity index (χ4n) is 3.55. The Morgan fingerprint density at radius 3 is 2.51 bits per heavy atom. The van der Waals surface area contributed by atoms with Crippen LogP contribution >= 0.6 is 11.6 Å². The molecule has 1 aliphatic heterocycles. The van der Waals surface area contributed by atoms with Gasteiger partial charge in [-0.2, -0.15) is 18.3 Å². The summed E-state index contributed by atoms with van der Waals surface area (Å²) in [5.41, 5.74) is -4.79. The Morgan fingerprint density at radius 1 is 1.33 bits per heavy atom. The molecule has 11 nitrogen and oxygen atoms in total. The van der Waals surface area contributed by atoms with Crippen LogP contribution in [0.4, 0.5) is 29.3 Å². The highest BCUT2D eigenvalue weighted by Gasteiger charge is 2.51. The van der Waals surface area contributed by atoms with E-state index in [0.29, 0.717) is 20.4 Å². The van der Waals surface area contributed by atoms with Gasteiger partial charge in [-0.15, -0.1) is 0 Å². The average molecular weight is 597 g/mol. The van der Waals surface area contributed by atoms with Gasteiger partial charge in [0.2, 0.25) is 5.60 Å². The largest absolute Gasteiger partial charge is 0.510 e. The Balaban J connectivity index is 2.02. The number of halogens is 4. The van der Waals surface area contributed by atoms with Gasteiger partial charge in [-0.1, -0.05) is 18.2 Å². The Bertz CT molecular complexity index is 1380. The van der Waals surface area contributed by atoms with Gasteiger partial charge in [0, 0.05) is 24.8 Å². The summed E-state index contributed by atoms with van der Waals surface area (Å²) in [4.78, 5) is 11.9. The van der Waals surface area contributed by atoms with E-state index in [-0.39, 0.29) is 40.1 Å². The van der Waals surface area contributed by atoms with E-state index in [2.05, 4.69) is 21.7 Å². The van der Waals surface area contributed by atoms with Crippen LogP contribution in [-0.2, 0) is 21.3 Å². The number of hydrogen-bond acceptors (Lipinski definition) is 8. The van der Waals surface area contributed by atoms with E-state index in [0.717, 1.165) is 4.31 Å². The number of carbonyl (C=O) groups is 1.